The molecule has 0 saturated carbocycles. The van der Waals surface area contributed by atoms with E-state index in [1.54, 1.807) is 30.8 Å². The highest BCUT2D eigenvalue weighted by Gasteiger charge is 2.26. The van der Waals surface area contributed by atoms with Crippen LogP contribution in [0.5, 0.6) is 5.75 Å². The van der Waals surface area contributed by atoms with Gasteiger partial charge in [0.2, 0.25) is 5.91 Å². The Kier molecular flexibility index (Phi) is 5.71. The Labute approximate surface area is 168 Å². The van der Waals surface area contributed by atoms with Crippen molar-refractivity contribution in [2.75, 3.05) is 31.6 Å². The Morgan fingerprint density at radius 2 is 2.04 bits per heavy atom. The SMILES string of the molecule is COc1ccc2nc(N3CCC(C(=O)NCCc4ccncc4)CC3)sc2c1. The number of pyridine rings is 1. The number of nitrogens with one attached hydrogen (secondary N) is 1. The minimum Gasteiger partial charge on any atom is -0.497 e. The van der Waals surface area contributed by atoms with Crippen LogP contribution in [0.4, 0.5) is 5.13 Å². The monoisotopic (exact) mass is 396 g/mol. The van der Waals surface area contributed by atoms with Crippen LogP contribution in [-0.2, 0) is 11.2 Å². The molecule has 3 heterocycles. The van der Waals surface area contributed by atoms with Gasteiger partial charge in [0.25, 0.3) is 0 Å². The summed E-state index contributed by atoms with van der Waals surface area (Å²) in [6.07, 6.45) is 6.12. The minimum absolute atomic E-state index is 0.0863. The van der Waals surface area contributed by atoms with Gasteiger partial charge < -0.3 is 15.0 Å². The highest BCUT2D eigenvalue weighted by atomic mass is 32.1. The number of nitrogens with zero attached hydrogens (tertiary/aromatic N) is 3. The summed E-state index contributed by atoms with van der Waals surface area (Å²) in [7, 11) is 1.68. The zero-order valence-electron chi connectivity index (χ0n) is 15.9. The summed E-state index contributed by atoms with van der Waals surface area (Å²) in [5.41, 5.74) is 2.19. The molecule has 1 fully saturated rings. The third-order valence-corrected chi connectivity index (χ3v) is 6.26. The molecule has 1 N–H and O–H groups in total. The number of methoxy groups -OCH3 is 1. The normalized spacial score (nSPS) is 15.0. The third-order valence-electron chi connectivity index (χ3n) is 5.18. The second-order valence-electron chi connectivity index (χ2n) is 6.99. The lowest BCUT2D eigenvalue weighted by molar-refractivity contribution is -0.125. The van der Waals surface area contributed by atoms with Gasteiger partial charge in [0.15, 0.2) is 5.13 Å². The molecule has 0 spiro atoms. The number of rotatable bonds is 6. The molecule has 1 aromatic carbocycles. The summed E-state index contributed by atoms with van der Waals surface area (Å²) in [6.45, 7) is 2.39. The van der Waals surface area contributed by atoms with Gasteiger partial charge in [0.1, 0.15) is 5.75 Å². The average Bonchev–Trinajstić information content (AvgIpc) is 3.18. The first-order valence-corrected chi connectivity index (χ1v) is 10.4. The van der Waals surface area contributed by atoms with Crippen molar-refractivity contribution < 1.29 is 9.53 Å². The van der Waals surface area contributed by atoms with Crippen molar-refractivity contribution in [3.05, 3.63) is 48.3 Å². The van der Waals surface area contributed by atoms with Gasteiger partial charge in [-0.05, 0) is 55.2 Å². The summed E-state index contributed by atoms with van der Waals surface area (Å²) in [4.78, 5) is 23.5. The molecule has 0 bridgehead atoms. The molecule has 1 saturated heterocycles. The van der Waals surface area contributed by atoms with E-state index in [-0.39, 0.29) is 11.8 Å². The van der Waals surface area contributed by atoms with Gasteiger partial charge in [-0.15, -0.1) is 0 Å². The predicted octanol–water partition coefficient (Wildman–Crippen LogP) is 3.28. The van der Waals surface area contributed by atoms with Gasteiger partial charge in [0.05, 0.1) is 17.3 Å². The maximum atomic E-state index is 12.5. The first-order valence-electron chi connectivity index (χ1n) is 9.59. The summed E-state index contributed by atoms with van der Waals surface area (Å²) in [5, 5.41) is 4.11. The molecule has 7 heteroatoms. The molecule has 28 heavy (non-hydrogen) atoms. The van der Waals surface area contributed by atoms with Crippen molar-refractivity contribution >= 4 is 32.6 Å². The number of ether oxygens (including phenoxy) is 1. The standard InChI is InChI=1S/C21H24N4O2S/c1-27-17-2-3-18-19(14-17)28-21(24-18)25-12-7-16(8-13-25)20(26)23-11-6-15-4-9-22-10-5-15/h2-5,9-10,14,16H,6-8,11-13H2,1H3,(H,23,26). The van der Waals surface area contributed by atoms with Crippen LogP contribution in [0.3, 0.4) is 0 Å². The van der Waals surface area contributed by atoms with Crippen LogP contribution in [0.1, 0.15) is 18.4 Å². The number of piperidine rings is 1. The number of carbonyl (C=O) groups excluding carboxylic acids is 1. The van der Waals surface area contributed by atoms with Crippen LogP contribution in [0.15, 0.2) is 42.7 Å². The Morgan fingerprint density at radius 1 is 1.25 bits per heavy atom. The number of carbonyl (C=O) groups is 1. The highest BCUT2D eigenvalue weighted by Crippen LogP contribution is 2.33. The van der Waals surface area contributed by atoms with Crippen molar-refractivity contribution in [3.8, 4) is 5.75 Å². The quantitative estimate of drug-likeness (QED) is 0.693. The van der Waals surface area contributed by atoms with E-state index in [2.05, 4.69) is 15.2 Å². The second kappa shape index (κ2) is 8.56. The summed E-state index contributed by atoms with van der Waals surface area (Å²) in [5.74, 6) is 1.11. The number of hydrogen-bond donors (Lipinski definition) is 1. The van der Waals surface area contributed by atoms with Crippen LogP contribution >= 0.6 is 11.3 Å². The lowest BCUT2D eigenvalue weighted by Gasteiger charge is -2.31. The van der Waals surface area contributed by atoms with Crippen LogP contribution < -0.4 is 15.0 Å². The van der Waals surface area contributed by atoms with Crippen LogP contribution in [0, 0.1) is 5.92 Å². The number of benzene rings is 1. The van der Waals surface area contributed by atoms with Gasteiger partial charge in [-0.2, -0.15) is 0 Å². The molecule has 2 aromatic heterocycles. The molecule has 0 atom stereocenters. The molecule has 146 valence electrons. The molecule has 6 nitrogen and oxygen atoms in total. The second-order valence-corrected chi connectivity index (χ2v) is 8.00. The van der Waals surface area contributed by atoms with E-state index in [1.807, 2.05) is 30.3 Å². The number of thiazole rings is 1. The first-order chi connectivity index (χ1) is 13.7. The van der Waals surface area contributed by atoms with Gasteiger partial charge in [0, 0.05) is 37.9 Å². The fourth-order valence-corrected chi connectivity index (χ4v) is 4.56. The smallest absolute Gasteiger partial charge is 0.223 e. The van der Waals surface area contributed by atoms with Gasteiger partial charge in [-0.1, -0.05) is 11.3 Å². The Hall–Kier alpha value is -2.67. The fourth-order valence-electron chi connectivity index (χ4n) is 3.51. The third kappa shape index (κ3) is 4.25. The highest BCUT2D eigenvalue weighted by molar-refractivity contribution is 7.22. The van der Waals surface area contributed by atoms with Crippen LogP contribution in [0.2, 0.25) is 0 Å². The molecule has 3 aromatic rings. The fraction of sp³-hybridized carbons (Fsp3) is 0.381. The Bertz CT molecular complexity index is 936. The molecule has 1 aliphatic rings. The molecule has 1 aliphatic heterocycles. The number of anilines is 1. The first kappa shape index (κ1) is 18.7. The number of hydrogen-bond acceptors (Lipinski definition) is 6. The van der Waals surface area contributed by atoms with E-state index >= 15 is 0 Å². The van der Waals surface area contributed by atoms with Crippen molar-refractivity contribution in [1.82, 2.24) is 15.3 Å². The zero-order chi connectivity index (χ0) is 19.3. The van der Waals surface area contributed by atoms with E-state index in [0.29, 0.717) is 6.54 Å². The van der Waals surface area contributed by atoms with Crippen molar-refractivity contribution in [3.63, 3.8) is 0 Å². The molecule has 0 unspecified atom stereocenters. The molecular weight excluding hydrogens is 372 g/mol. The predicted molar refractivity (Wildman–Crippen MR) is 112 cm³/mol. The Balaban J connectivity index is 1.28. The summed E-state index contributed by atoms with van der Waals surface area (Å²) >= 11 is 1.68. The van der Waals surface area contributed by atoms with E-state index in [9.17, 15) is 4.79 Å². The molecular formula is C21H24N4O2S. The molecule has 4 rings (SSSR count). The molecule has 0 radical (unpaired) electrons. The van der Waals surface area contributed by atoms with E-state index < -0.39 is 0 Å². The van der Waals surface area contributed by atoms with Gasteiger partial charge in [-0.25, -0.2) is 4.98 Å². The maximum Gasteiger partial charge on any atom is 0.223 e. The largest absolute Gasteiger partial charge is 0.497 e. The lowest BCUT2D eigenvalue weighted by atomic mass is 9.96. The van der Waals surface area contributed by atoms with Gasteiger partial charge in [-0.3, -0.25) is 9.78 Å². The number of aromatic nitrogens is 2. The lowest BCUT2D eigenvalue weighted by Crippen LogP contribution is -2.41. The summed E-state index contributed by atoms with van der Waals surface area (Å²) < 4.78 is 6.43. The number of amides is 1. The van der Waals surface area contributed by atoms with Crippen LogP contribution in [0.25, 0.3) is 10.2 Å². The topological polar surface area (TPSA) is 67.3 Å². The van der Waals surface area contributed by atoms with Crippen molar-refractivity contribution in [2.45, 2.75) is 19.3 Å². The van der Waals surface area contributed by atoms with E-state index in [0.717, 1.165) is 53.4 Å². The van der Waals surface area contributed by atoms with E-state index in [4.69, 9.17) is 9.72 Å². The van der Waals surface area contributed by atoms with E-state index in [1.165, 1.54) is 5.56 Å². The molecule has 1 amide bonds. The minimum atomic E-state index is 0.0863. The van der Waals surface area contributed by atoms with Crippen molar-refractivity contribution in [2.24, 2.45) is 5.92 Å². The number of fused-ring (bicyclic) bond motifs is 1. The van der Waals surface area contributed by atoms with Crippen LogP contribution in [-0.4, -0.2) is 42.6 Å². The summed E-state index contributed by atoms with van der Waals surface area (Å²) in [6, 6.07) is 9.93. The average molecular weight is 397 g/mol. The van der Waals surface area contributed by atoms with Crippen molar-refractivity contribution in [1.29, 1.82) is 0 Å². The zero-order valence-corrected chi connectivity index (χ0v) is 16.7. The maximum absolute atomic E-state index is 12.5. The molecule has 0 aliphatic carbocycles. The van der Waals surface area contributed by atoms with Gasteiger partial charge >= 0.3 is 0 Å². The Morgan fingerprint density at radius 3 is 2.79 bits per heavy atom.